The molecule has 0 aliphatic heterocycles. The van der Waals surface area contributed by atoms with Crippen LogP contribution in [0, 0.1) is 6.92 Å². The number of primary amides is 1. The molecule has 0 bridgehead atoms. The number of hydrogen-bond acceptors (Lipinski definition) is 3. The van der Waals surface area contributed by atoms with Crippen molar-refractivity contribution in [3.05, 3.63) is 22.5 Å². The van der Waals surface area contributed by atoms with Crippen molar-refractivity contribution in [2.75, 3.05) is 0 Å². The van der Waals surface area contributed by atoms with Crippen LogP contribution in [0.3, 0.4) is 0 Å². The van der Waals surface area contributed by atoms with Gasteiger partial charge in [0, 0.05) is 22.5 Å². The summed E-state index contributed by atoms with van der Waals surface area (Å²) in [6, 6.07) is 0. The molecule has 1 aromatic rings. The van der Waals surface area contributed by atoms with Crippen molar-refractivity contribution in [3.8, 4) is 5.75 Å². The summed E-state index contributed by atoms with van der Waals surface area (Å²) in [7, 11) is 0. The highest BCUT2D eigenvalue weighted by Crippen LogP contribution is 2.48. The molecule has 0 radical (unpaired) electrons. The molecule has 2 aliphatic carbocycles. The Bertz CT molecular complexity index is 493. The Kier molecular flexibility index (Phi) is 2.31. The van der Waals surface area contributed by atoms with E-state index in [1.165, 1.54) is 0 Å². The normalized spacial score (nSPS) is 17.9. The summed E-state index contributed by atoms with van der Waals surface area (Å²) in [5.41, 5.74) is 9.49. The zero-order valence-corrected chi connectivity index (χ0v) is 9.95. The van der Waals surface area contributed by atoms with Crippen LogP contribution in [0.1, 0.15) is 47.7 Å². The van der Waals surface area contributed by atoms with E-state index in [4.69, 9.17) is 10.5 Å². The fourth-order valence-corrected chi connectivity index (χ4v) is 2.76. The van der Waals surface area contributed by atoms with Gasteiger partial charge in [-0.05, 0) is 44.9 Å². The lowest BCUT2D eigenvalue weighted by molar-refractivity contribution is 0.210. The van der Waals surface area contributed by atoms with Crippen LogP contribution in [0.4, 0.5) is 4.79 Å². The van der Waals surface area contributed by atoms with Crippen LogP contribution in [0.2, 0.25) is 0 Å². The third-order valence-electron chi connectivity index (χ3n) is 3.59. The lowest BCUT2D eigenvalue weighted by Gasteiger charge is -2.15. The molecule has 4 nitrogen and oxygen atoms in total. The van der Waals surface area contributed by atoms with E-state index < -0.39 is 6.09 Å². The number of ether oxygens (including phenoxy) is 1. The number of nitrogens with zero attached hydrogens (tertiary/aromatic N) is 1. The lowest BCUT2D eigenvalue weighted by Crippen LogP contribution is -2.19. The maximum Gasteiger partial charge on any atom is 0.409 e. The molecule has 1 saturated carbocycles. The van der Waals surface area contributed by atoms with Gasteiger partial charge in [-0.2, -0.15) is 0 Å². The minimum absolute atomic E-state index is 0.516. The second-order valence-electron chi connectivity index (χ2n) is 4.91. The summed E-state index contributed by atoms with van der Waals surface area (Å²) < 4.78 is 5.27. The van der Waals surface area contributed by atoms with E-state index in [1.807, 2.05) is 6.92 Å². The SMILES string of the molecule is Cc1nc2c(c(OC(N)=O)c1C1CC1)CCC2. The van der Waals surface area contributed by atoms with Crippen LogP contribution in [0.25, 0.3) is 0 Å². The minimum atomic E-state index is -0.716. The van der Waals surface area contributed by atoms with Crippen molar-refractivity contribution in [3.63, 3.8) is 0 Å². The van der Waals surface area contributed by atoms with E-state index in [0.29, 0.717) is 5.92 Å². The number of rotatable bonds is 2. The van der Waals surface area contributed by atoms with Gasteiger partial charge in [-0.1, -0.05) is 0 Å². The van der Waals surface area contributed by atoms with Gasteiger partial charge in [0.25, 0.3) is 0 Å². The van der Waals surface area contributed by atoms with Crippen LogP contribution in [0.5, 0.6) is 5.75 Å². The van der Waals surface area contributed by atoms with Gasteiger partial charge in [-0.25, -0.2) is 4.79 Å². The fourth-order valence-electron chi connectivity index (χ4n) is 2.76. The summed E-state index contributed by atoms with van der Waals surface area (Å²) >= 11 is 0. The molecule has 1 amide bonds. The first-order valence-corrected chi connectivity index (χ1v) is 6.16. The lowest BCUT2D eigenvalue weighted by atomic mass is 10.0. The molecule has 0 aromatic carbocycles. The summed E-state index contributed by atoms with van der Waals surface area (Å²) in [6.07, 6.45) is 4.63. The zero-order chi connectivity index (χ0) is 12.0. The standard InChI is InChI=1S/C13H16N2O2/c1-7-11(8-5-6-8)12(17-13(14)16)9-3-2-4-10(9)15-7/h8H,2-6H2,1H3,(H2,14,16). The van der Waals surface area contributed by atoms with Gasteiger partial charge in [0.15, 0.2) is 0 Å². The molecule has 0 saturated heterocycles. The number of aryl methyl sites for hydroxylation is 2. The maximum absolute atomic E-state index is 11.1. The number of amides is 1. The molecular formula is C13H16N2O2. The molecule has 90 valence electrons. The number of aromatic nitrogens is 1. The Labute approximate surface area is 100 Å². The van der Waals surface area contributed by atoms with Crippen LogP contribution in [0.15, 0.2) is 0 Å². The molecule has 0 spiro atoms. The molecule has 17 heavy (non-hydrogen) atoms. The number of fused-ring (bicyclic) bond motifs is 1. The monoisotopic (exact) mass is 232 g/mol. The Morgan fingerprint density at radius 3 is 2.82 bits per heavy atom. The van der Waals surface area contributed by atoms with Crippen molar-refractivity contribution in [1.29, 1.82) is 0 Å². The van der Waals surface area contributed by atoms with Gasteiger partial charge in [0.05, 0.1) is 0 Å². The largest absolute Gasteiger partial charge is 0.410 e. The van der Waals surface area contributed by atoms with E-state index in [-0.39, 0.29) is 0 Å². The molecule has 2 aliphatic rings. The maximum atomic E-state index is 11.1. The average Bonchev–Trinajstić information content (AvgIpc) is 2.96. The first kappa shape index (κ1) is 10.6. The summed E-state index contributed by atoms with van der Waals surface area (Å²) in [5.74, 6) is 1.24. The van der Waals surface area contributed by atoms with Crippen molar-refractivity contribution < 1.29 is 9.53 Å². The highest BCUT2D eigenvalue weighted by molar-refractivity contribution is 5.70. The van der Waals surface area contributed by atoms with Gasteiger partial charge in [-0.15, -0.1) is 0 Å². The van der Waals surface area contributed by atoms with Crippen molar-refractivity contribution in [2.24, 2.45) is 5.73 Å². The Morgan fingerprint density at radius 2 is 2.18 bits per heavy atom. The smallest absolute Gasteiger partial charge is 0.409 e. The molecule has 1 heterocycles. The third-order valence-corrected chi connectivity index (χ3v) is 3.59. The fraction of sp³-hybridized carbons (Fsp3) is 0.538. The summed E-state index contributed by atoms with van der Waals surface area (Å²) in [6.45, 7) is 2.00. The minimum Gasteiger partial charge on any atom is -0.410 e. The average molecular weight is 232 g/mol. The van der Waals surface area contributed by atoms with Crippen LogP contribution >= 0.6 is 0 Å². The van der Waals surface area contributed by atoms with Gasteiger partial charge < -0.3 is 10.5 Å². The second-order valence-corrected chi connectivity index (χ2v) is 4.91. The van der Waals surface area contributed by atoms with Crippen LogP contribution in [-0.2, 0) is 12.8 Å². The summed E-state index contributed by atoms with van der Waals surface area (Å²) in [5, 5.41) is 0. The van der Waals surface area contributed by atoms with Crippen molar-refractivity contribution >= 4 is 6.09 Å². The zero-order valence-electron chi connectivity index (χ0n) is 9.95. The van der Waals surface area contributed by atoms with Crippen molar-refractivity contribution in [1.82, 2.24) is 4.98 Å². The molecule has 4 heteroatoms. The van der Waals surface area contributed by atoms with E-state index in [1.54, 1.807) is 0 Å². The highest BCUT2D eigenvalue weighted by Gasteiger charge is 2.33. The molecule has 0 atom stereocenters. The molecule has 0 unspecified atom stereocenters. The number of nitrogens with two attached hydrogens (primary N) is 1. The van der Waals surface area contributed by atoms with Gasteiger partial charge in [0.2, 0.25) is 0 Å². The Hall–Kier alpha value is -1.58. The molecule has 2 N–H and O–H groups in total. The van der Waals surface area contributed by atoms with Crippen molar-refractivity contribution in [2.45, 2.75) is 44.9 Å². The number of hydrogen-bond donors (Lipinski definition) is 1. The quantitative estimate of drug-likeness (QED) is 0.850. The van der Waals surface area contributed by atoms with E-state index in [0.717, 1.165) is 60.4 Å². The van der Waals surface area contributed by atoms with Crippen LogP contribution < -0.4 is 10.5 Å². The number of carbonyl (C=O) groups excluding carboxylic acids is 1. The first-order chi connectivity index (χ1) is 8.16. The van der Waals surface area contributed by atoms with Gasteiger partial charge in [0.1, 0.15) is 5.75 Å². The van der Waals surface area contributed by atoms with Crippen LogP contribution in [-0.4, -0.2) is 11.1 Å². The van der Waals surface area contributed by atoms with Gasteiger partial charge >= 0.3 is 6.09 Å². The topological polar surface area (TPSA) is 65.2 Å². The first-order valence-electron chi connectivity index (χ1n) is 6.16. The molecule has 3 rings (SSSR count). The highest BCUT2D eigenvalue weighted by atomic mass is 16.5. The number of carbonyl (C=O) groups is 1. The van der Waals surface area contributed by atoms with E-state index in [2.05, 4.69) is 4.98 Å². The predicted octanol–water partition coefficient (Wildman–Crippen LogP) is 2.21. The second kappa shape index (κ2) is 3.72. The predicted molar refractivity (Wildman–Crippen MR) is 63.2 cm³/mol. The molecular weight excluding hydrogens is 216 g/mol. The third kappa shape index (κ3) is 1.77. The van der Waals surface area contributed by atoms with Gasteiger partial charge in [-0.3, -0.25) is 4.98 Å². The van der Waals surface area contributed by atoms with E-state index >= 15 is 0 Å². The molecule has 1 aromatic heterocycles. The Balaban J connectivity index is 2.15. The summed E-state index contributed by atoms with van der Waals surface area (Å²) in [4.78, 5) is 15.7. The molecule has 1 fully saturated rings. The Morgan fingerprint density at radius 1 is 1.41 bits per heavy atom. The van der Waals surface area contributed by atoms with E-state index in [9.17, 15) is 4.79 Å². The number of pyridine rings is 1.